The normalized spacial score (nSPS) is 15.4. The second-order valence-electron chi connectivity index (χ2n) is 6.57. The summed E-state index contributed by atoms with van der Waals surface area (Å²) in [5.41, 5.74) is 1.21. The number of aliphatic imine (C=N–C) groups is 1. The van der Waals surface area contributed by atoms with Gasteiger partial charge in [-0.05, 0) is 48.9 Å². The predicted octanol–water partition coefficient (Wildman–Crippen LogP) is 2.81. The zero-order chi connectivity index (χ0) is 19.6. The molecule has 7 heteroatoms. The highest BCUT2D eigenvalue weighted by Gasteiger charge is 2.10. The fourth-order valence-electron chi connectivity index (χ4n) is 3.03. The first-order valence-corrected chi connectivity index (χ1v) is 10.7. The number of hydrogen-bond donors (Lipinski definition) is 2. The lowest BCUT2D eigenvalue weighted by Crippen LogP contribution is -2.44. The molecule has 1 aromatic carbocycles. The minimum atomic E-state index is 0.674. The van der Waals surface area contributed by atoms with E-state index in [0.717, 1.165) is 57.6 Å². The molecule has 0 bridgehead atoms. The van der Waals surface area contributed by atoms with Crippen molar-refractivity contribution in [3.63, 3.8) is 0 Å². The van der Waals surface area contributed by atoms with Crippen LogP contribution in [-0.2, 0) is 11.3 Å². The Labute approximate surface area is 171 Å². The van der Waals surface area contributed by atoms with Crippen molar-refractivity contribution < 1.29 is 9.47 Å². The summed E-state index contributed by atoms with van der Waals surface area (Å²) in [7, 11) is 1.69. The molecule has 2 N–H and O–H groups in total. The number of hydrogen-bond acceptors (Lipinski definition) is 5. The summed E-state index contributed by atoms with van der Waals surface area (Å²) in [6.07, 6.45) is 0. The van der Waals surface area contributed by atoms with Gasteiger partial charge in [0, 0.05) is 42.5 Å². The predicted molar refractivity (Wildman–Crippen MR) is 116 cm³/mol. The molecule has 152 valence electrons. The van der Waals surface area contributed by atoms with E-state index >= 15 is 0 Å². The van der Waals surface area contributed by atoms with Crippen LogP contribution in [0.15, 0.2) is 41.4 Å². The van der Waals surface area contributed by atoms with E-state index < -0.39 is 0 Å². The number of methoxy groups -OCH3 is 1. The quantitative estimate of drug-likeness (QED) is 0.525. The SMILES string of the molecule is CCNC(=NCc1ccc(-c2ccc(OC)cc2)s1)NCCN1CCOCC1. The van der Waals surface area contributed by atoms with Crippen LogP contribution in [0, 0.1) is 0 Å². The van der Waals surface area contributed by atoms with Crippen LogP contribution in [0.3, 0.4) is 0 Å². The molecule has 6 nitrogen and oxygen atoms in total. The van der Waals surface area contributed by atoms with Gasteiger partial charge in [0.25, 0.3) is 0 Å². The summed E-state index contributed by atoms with van der Waals surface area (Å²) >= 11 is 1.78. The maximum Gasteiger partial charge on any atom is 0.191 e. The lowest BCUT2D eigenvalue weighted by Gasteiger charge is -2.26. The van der Waals surface area contributed by atoms with Crippen LogP contribution in [0.1, 0.15) is 11.8 Å². The van der Waals surface area contributed by atoms with Crippen LogP contribution < -0.4 is 15.4 Å². The van der Waals surface area contributed by atoms with Gasteiger partial charge in [-0.3, -0.25) is 4.90 Å². The molecule has 0 aliphatic carbocycles. The Kier molecular flexibility index (Phi) is 8.14. The topological polar surface area (TPSA) is 58.1 Å². The third-order valence-electron chi connectivity index (χ3n) is 4.60. The molecular weight excluding hydrogens is 372 g/mol. The first-order valence-electron chi connectivity index (χ1n) is 9.84. The minimum absolute atomic E-state index is 0.674. The standard InChI is InChI=1S/C21H30N4O2S/c1-3-22-21(23-10-11-25-12-14-27-15-13-25)24-16-19-8-9-20(28-19)17-4-6-18(26-2)7-5-17/h4-9H,3,10-16H2,1-2H3,(H2,22,23,24). The average Bonchev–Trinajstić information content (AvgIpc) is 3.22. The van der Waals surface area contributed by atoms with Crippen molar-refractivity contribution in [1.82, 2.24) is 15.5 Å². The number of ether oxygens (including phenoxy) is 2. The smallest absolute Gasteiger partial charge is 0.191 e. The van der Waals surface area contributed by atoms with E-state index in [4.69, 9.17) is 14.5 Å². The van der Waals surface area contributed by atoms with Gasteiger partial charge in [0.05, 0.1) is 26.9 Å². The molecule has 0 radical (unpaired) electrons. The van der Waals surface area contributed by atoms with E-state index in [2.05, 4.69) is 46.7 Å². The largest absolute Gasteiger partial charge is 0.497 e. The second kappa shape index (κ2) is 11.0. The van der Waals surface area contributed by atoms with Crippen LogP contribution in [-0.4, -0.2) is 63.9 Å². The van der Waals surface area contributed by atoms with Gasteiger partial charge in [-0.15, -0.1) is 11.3 Å². The molecule has 1 saturated heterocycles. The van der Waals surface area contributed by atoms with Crippen molar-refractivity contribution in [1.29, 1.82) is 0 Å². The Hall–Kier alpha value is -2.09. The van der Waals surface area contributed by atoms with Crippen molar-refractivity contribution in [2.45, 2.75) is 13.5 Å². The van der Waals surface area contributed by atoms with Crippen LogP contribution in [0.4, 0.5) is 0 Å². The van der Waals surface area contributed by atoms with E-state index in [1.807, 2.05) is 12.1 Å². The van der Waals surface area contributed by atoms with Crippen molar-refractivity contribution in [3.8, 4) is 16.2 Å². The molecule has 0 atom stereocenters. The monoisotopic (exact) mass is 402 g/mol. The number of nitrogens with one attached hydrogen (secondary N) is 2. The average molecular weight is 403 g/mol. The first-order chi connectivity index (χ1) is 13.8. The third-order valence-corrected chi connectivity index (χ3v) is 5.72. The summed E-state index contributed by atoms with van der Waals surface area (Å²) in [6.45, 7) is 9.20. The number of thiophene rings is 1. The van der Waals surface area contributed by atoms with E-state index in [-0.39, 0.29) is 0 Å². The molecule has 28 heavy (non-hydrogen) atoms. The molecule has 1 aliphatic heterocycles. The number of guanidine groups is 1. The van der Waals surface area contributed by atoms with Gasteiger partial charge >= 0.3 is 0 Å². The maximum atomic E-state index is 5.40. The van der Waals surface area contributed by atoms with Gasteiger partial charge in [0.2, 0.25) is 0 Å². The summed E-state index contributed by atoms with van der Waals surface area (Å²) in [5, 5.41) is 6.76. The van der Waals surface area contributed by atoms with Gasteiger partial charge in [-0.2, -0.15) is 0 Å². The van der Waals surface area contributed by atoms with Crippen molar-refractivity contribution in [2.24, 2.45) is 4.99 Å². The van der Waals surface area contributed by atoms with Crippen LogP contribution in [0.5, 0.6) is 5.75 Å². The number of morpholine rings is 1. The van der Waals surface area contributed by atoms with Gasteiger partial charge in [0.1, 0.15) is 5.75 Å². The van der Waals surface area contributed by atoms with Crippen molar-refractivity contribution in [2.75, 3.05) is 53.0 Å². The molecule has 0 amide bonds. The Morgan fingerprint density at radius 3 is 2.64 bits per heavy atom. The number of nitrogens with zero attached hydrogens (tertiary/aromatic N) is 2. The van der Waals surface area contributed by atoms with Crippen LogP contribution in [0.25, 0.3) is 10.4 Å². The molecule has 1 fully saturated rings. The Morgan fingerprint density at radius 2 is 1.93 bits per heavy atom. The van der Waals surface area contributed by atoms with Crippen LogP contribution >= 0.6 is 11.3 Å². The fourth-order valence-corrected chi connectivity index (χ4v) is 3.97. The number of benzene rings is 1. The second-order valence-corrected chi connectivity index (χ2v) is 7.74. The van der Waals surface area contributed by atoms with Gasteiger partial charge in [-0.25, -0.2) is 4.99 Å². The molecule has 0 saturated carbocycles. The lowest BCUT2D eigenvalue weighted by atomic mass is 10.2. The van der Waals surface area contributed by atoms with Gasteiger partial charge < -0.3 is 20.1 Å². The molecule has 1 aromatic heterocycles. The highest BCUT2D eigenvalue weighted by Crippen LogP contribution is 2.29. The van der Waals surface area contributed by atoms with E-state index in [0.29, 0.717) is 6.54 Å². The Balaban J connectivity index is 1.52. The molecule has 2 aromatic rings. The van der Waals surface area contributed by atoms with Gasteiger partial charge in [-0.1, -0.05) is 0 Å². The van der Waals surface area contributed by atoms with E-state index in [9.17, 15) is 0 Å². The molecular formula is C21H30N4O2S. The maximum absolute atomic E-state index is 5.40. The fraction of sp³-hybridized carbons (Fsp3) is 0.476. The Bertz CT molecular complexity index is 739. The summed E-state index contributed by atoms with van der Waals surface area (Å²) in [5.74, 6) is 1.75. The van der Waals surface area contributed by atoms with Crippen molar-refractivity contribution >= 4 is 17.3 Å². The van der Waals surface area contributed by atoms with E-state index in [1.165, 1.54) is 15.3 Å². The third kappa shape index (κ3) is 6.22. The number of rotatable bonds is 8. The summed E-state index contributed by atoms with van der Waals surface area (Å²) < 4.78 is 10.6. The van der Waals surface area contributed by atoms with Gasteiger partial charge in [0.15, 0.2) is 5.96 Å². The molecule has 1 aliphatic rings. The minimum Gasteiger partial charge on any atom is -0.497 e. The van der Waals surface area contributed by atoms with Crippen molar-refractivity contribution in [3.05, 3.63) is 41.3 Å². The first kappa shape index (κ1) is 20.6. The highest BCUT2D eigenvalue weighted by atomic mass is 32.1. The molecule has 0 spiro atoms. The van der Waals surface area contributed by atoms with E-state index in [1.54, 1.807) is 18.4 Å². The summed E-state index contributed by atoms with van der Waals surface area (Å²) in [6, 6.07) is 12.5. The lowest BCUT2D eigenvalue weighted by molar-refractivity contribution is 0.0389. The highest BCUT2D eigenvalue weighted by molar-refractivity contribution is 7.15. The molecule has 2 heterocycles. The summed E-state index contributed by atoms with van der Waals surface area (Å²) in [4.78, 5) is 9.65. The van der Waals surface area contributed by atoms with Crippen LogP contribution in [0.2, 0.25) is 0 Å². The zero-order valence-corrected chi connectivity index (χ0v) is 17.6. The Morgan fingerprint density at radius 1 is 1.14 bits per heavy atom. The molecule has 3 rings (SSSR count). The molecule has 0 unspecified atom stereocenters. The zero-order valence-electron chi connectivity index (χ0n) is 16.7.